The summed E-state index contributed by atoms with van der Waals surface area (Å²) in [5.41, 5.74) is 6.60. The quantitative estimate of drug-likeness (QED) is 0.534. The minimum absolute atomic E-state index is 0.0378. The highest BCUT2D eigenvalue weighted by Crippen LogP contribution is 2.26. The summed E-state index contributed by atoms with van der Waals surface area (Å²) in [6.45, 7) is 0. The maximum atomic E-state index is 13.8. The van der Waals surface area contributed by atoms with Gasteiger partial charge in [0.2, 0.25) is 11.7 Å². The summed E-state index contributed by atoms with van der Waals surface area (Å²) < 4.78 is 15.2. The second kappa shape index (κ2) is 7.88. The van der Waals surface area contributed by atoms with E-state index in [-0.39, 0.29) is 5.82 Å². The van der Waals surface area contributed by atoms with Crippen LogP contribution in [0.15, 0.2) is 66.0 Å². The number of thiophene rings is 1. The van der Waals surface area contributed by atoms with Crippen LogP contribution < -0.4 is 10.6 Å². The van der Waals surface area contributed by atoms with Crippen LogP contribution in [0, 0.1) is 5.82 Å². The Bertz CT molecular complexity index is 1220. The van der Waals surface area contributed by atoms with E-state index in [2.05, 4.69) is 10.1 Å². The molecular formula is C21H16FN5O2S. The Kier molecular flexibility index (Phi) is 5.11. The number of hydrogen-bond donors (Lipinski definition) is 1. The molecule has 0 bridgehead atoms. The number of nitrogens with zero attached hydrogens (tertiary/aromatic N) is 4. The first-order valence-corrected chi connectivity index (χ1v) is 9.77. The van der Waals surface area contributed by atoms with Gasteiger partial charge < -0.3 is 10.6 Å². The zero-order chi connectivity index (χ0) is 21.3. The predicted octanol–water partition coefficient (Wildman–Crippen LogP) is 3.51. The van der Waals surface area contributed by atoms with E-state index in [1.807, 2.05) is 17.5 Å². The van der Waals surface area contributed by atoms with Gasteiger partial charge in [-0.15, -0.1) is 16.4 Å². The number of benzene rings is 2. The average molecular weight is 421 g/mol. The van der Waals surface area contributed by atoms with Crippen molar-refractivity contribution in [3.8, 4) is 16.4 Å². The molecule has 0 aliphatic carbocycles. The molecule has 4 aromatic rings. The molecule has 0 radical (unpaired) electrons. The number of amides is 2. The molecule has 0 aliphatic rings. The van der Waals surface area contributed by atoms with Gasteiger partial charge in [-0.05, 0) is 53.9 Å². The largest absolute Gasteiger partial charge is 0.366 e. The highest BCUT2D eigenvalue weighted by atomic mass is 32.1. The molecule has 7 nitrogen and oxygen atoms in total. The number of carbonyl (C=O) groups is 2. The smallest absolute Gasteiger partial charge is 0.297 e. The molecule has 0 fully saturated rings. The van der Waals surface area contributed by atoms with Gasteiger partial charge in [0.25, 0.3) is 5.91 Å². The number of hydrogen-bond acceptors (Lipinski definition) is 5. The van der Waals surface area contributed by atoms with E-state index < -0.39 is 17.6 Å². The van der Waals surface area contributed by atoms with E-state index in [0.717, 1.165) is 4.88 Å². The highest BCUT2D eigenvalue weighted by molar-refractivity contribution is 7.13. The number of carbonyl (C=O) groups excluding carboxylic acids is 2. The molecule has 0 unspecified atom stereocenters. The van der Waals surface area contributed by atoms with E-state index in [4.69, 9.17) is 5.73 Å². The minimum atomic E-state index is -0.549. The second-order valence-electron chi connectivity index (χ2n) is 6.40. The Balaban J connectivity index is 1.72. The fourth-order valence-electron chi connectivity index (χ4n) is 2.87. The van der Waals surface area contributed by atoms with Gasteiger partial charge in [-0.3, -0.25) is 9.59 Å². The molecule has 30 heavy (non-hydrogen) atoms. The van der Waals surface area contributed by atoms with E-state index in [1.54, 1.807) is 31.3 Å². The van der Waals surface area contributed by atoms with Crippen molar-refractivity contribution >= 4 is 28.8 Å². The fourth-order valence-corrected chi connectivity index (χ4v) is 3.57. The Labute approximate surface area is 175 Å². The third-order valence-electron chi connectivity index (χ3n) is 4.44. The maximum absolute atomic E-state index is 13.8. The van der Waals surface area contributed by atoms with Gasteiger partial charge in [-0.2, -0.15) is 0 Å². The number of anilines is 1. The Morgan fingerprint density at radius 2 is 1.87 bits per heavy atom. The van der Waals surface area contributed by atoms with Crippen LogP contribution >= 0.6 is 11.3 Å². The lowest BCUT2D eigenvalue weighted by molar-refractivity contribution is 0.0981. The highest BCUT2D eigenvalue weighted by Gasteiger charge is 2.23. The molecule has 0 aliphatic heterocycles. The van der Waals surface area contributed by atoms with Gasteiger partial charge >= 0.3 is 0 Å². The maximum Gasteiger partial charge on any atom is 0.297 e. The summed E-state index contributed by atoms with van der Waals surface area (Å²) in [4.78, 5) is 30.9. The number of primary amides is 1. The van der Waals surface area contributed by atoms with Crippen LogP contribution in [-0.2, 0) is 0 Å². The normalized spacial score (nSPS) is 10.7. The lowest BCUT2D eigenvalue weighted by Crippen LogP contribution is -2.27. The SMILES string of the molecule is CN(C(=O)c1nc(-c2cccs2)n(-c2cccc(F)c2)n1)c1ccc(C(N)=O)cc1. The molecule has 2 heterocycles. The van der Waals surface area contributed by atoms with Crippen LogP contribution in [0.3, 0.4) is 0 Å². The molecule has 2 amide bonds. The van der Waals surface area contributed by atoms with Gasteiger partial charge in [0.1, 0.15) is 5.82 Å². The molecule has 4 rings (SSSR count). The summed E-state index contributed by atoms with van der Waals surface area (Å²) in [7, 11) is 1.58. The van der Waals surface area contributed by atoms with Gasteiger partial charge in [-0.25, -0.2) is 14.1 Å². The summed E-state index contributed by atoms with van der Waals surface area (Å²) in [6.07, 6.45) is 0. The average Bonchev–Trinajstić information content (AvgIpc) is 3.42. The van der Waals surface area contributed by atoms with Gasteiger partial charge in [0, 0.05) is 18.3 Å². The zero-order valence-corrected chi connectivity index (χ0v) is 16.6. The first-order valence-electron chi connectivity index (χ1n) is 8.89. The summed E-state index contributed by atoms with van der Waals surface area (Å²) >= 11 is 1.44. The van der Waals surface area contributed by atoms with Crippen LogP contribution in [-0.4, -0.2) is 33.6 Å². The lowest BCUT2D eigenvalue weighted by Gasteiger charge is -2.15. The molecule has 9 heteroatoms. The van der Waals surface area contributed by atoms with Crippen molar-refractivity contribution in [3.05, 3.63) is 83.2 Å². The second-order valence-corrected chi connectivity index (χ2v) is 7.35. The van der Waals surface area contributed by atoms with E-state index in [0.29, 0.717) is 22.8 Å². The van der Waals surface area contributed by atoms with Crippen molar-refractivity contribution in [2.24, 2.45) is 5.73 Å². The zero-order valence-electron chi connectivity index (χ0n) is 15.8. The molecule has 150 valence electrons. The summed E-state index contributed by atoms with van der Waals surface area (Å²) in [5, 5.41) is 6.23. The molecule has 2 aromatic carbocycles. The van der Waals surface area contributed by atoms with Crippen molar-refractivity contribution in [1.82, 2.24) is 14.8 Å². The fraction of sp³-hybridized carbons (Fsp3) is 0.0476. The standard InChI is InChI=1S/C21H16FN5O2S/c1-26(15-9-7-13(8-10-15)18(23)28)21(29)19-24-20(17-6-3-11-30-17)27(25-19)16-5-2-4-14(22)12-16/h2-12H,1H3,(H2,23,28). The van der Waals surface area contributed by atoms with E-state index >= 15 is 0 Å². The minimum Gasteiger partial charge on any atom is -0.366 e. The number of aromatic nitrogens is 3. The van der Waals surface area contributed by atoms with Crippen LogP contribution in [0.5, 0.6) is 0 Å². The molecule has 2 aromatic heterocycles. The Hall–Kier alpha value is -3.85. The van der Waals surface area contributed by atoms with Crippen molar-refractivity contribution < 1.29 is 14.0 Å². The molecule has 0 spiro atoms. The third-order valence-corrected chi connectivity index (χ3v) is 5.30. The molecular weight excluding hydrogens is 405 g/mol. The Morgan fingerprint density at radius 3 is 2.50 bits per heavy atom. The number of rotatable bonds is 5. The van der Waals surface area contributed by atoms with Crippen LogP contribution in [0.1, 0.15) is 21.0 Å². The van der Waals surface area contributed by atoms with Crippen molar-refractivity contribution in [2.45, 2.75) is 0 Å². The number of halogens is 1. The molecule has 0 atom stereocenters. The van der Waals surface area contributed by atoms with Crippen LogP contribution in [0.2, 0.25) is 0 Å². The van der Waals surface area contributed by atoms with Crippen molar-refractivity contribution in [3.63, 3.8) is 0 Å². The molecule has 2 N–H and O–H groups in total. The monoisotopic (exact) mass is 421 g/mol. The van der Waals surface area contributed by atoms with Gasteiger partial charge in [-0.1, -0.05) is 12.1 Å². The Morgan fingerprint density at radius 1 is 1.10 bits per heavy atom. The van der Waals surface area contributed by atoms with Crippen LogP contribution in [0.4, 0.5) is 10.1 Å². The van der Waals surface area contributed by atoms with Gasteiger partial charge in [0.15, 0.2) is 5.82 Å². The van der Waals surface area contributed by atoms with Crippen molar-refractivity contribution in [1.29, 1.82) is 0 Å². The van der Waals surface area contributed by atoms with Gasteiger partial charge in [0.05, 0.1) is 10.6 Å². The van der Waals surface area contributed by atoms with Crippen LogP contribution in [0.25, 0.3) is 16.4 Å². The summed E-state index contributed by atoms with van der Waals surface area (Å²) in [6, 6.07) is 15.9. The topological polar surface area (TPSA) is 94.1 Å². The summed E-state index contributed by atoms with van der Waals surface area (Å²) in [5.74, 6) is -1.01. The van der Waals surface area contributed by atoms with E-state index in [9.17, 15) is 14.0 Å². The predicted molar refractivity (Wildman–Crippen MR) is 112 cm³/mol. The van der Waals surface area contributed by atoms with E-state index in [1.165, 1.54) is 45.2 Å². The lowest BCUT2D eigenvalue weighted by atomic mass is 10.2. The molecule has 0 saturated carbocycles. The van der Waals surface area contributed by atoms with Crippen molar-refractivity contribution in [2.75, 3.05) is 11.9 Å². The molecule has 0 saturated heterocycles. The first kappa shape index (κ1) is 19.5. The first-order chi connectivity index (χ1) is 14.4. The number of nitrogens with two attached hydrogens (primary N) is 1. The third kappa shape index (κ3) is 3.70.